The molecule has 8 heteroatoms. The number of hydrogen-bond acceptors (Lipinski definition) is 4. The van der Waals surface area contributed by atoms with Crippen LogP contribution in [0.25, 0.3) is 6.08 Å². The second-order valence-corrected chi connectivity index (χ2v) is 9.28. The Morgan fingerprint density at radius 1 is 1.30 bits per heavy atom. The first-order valence-electron chi connectivity index (χ1n) is 7.50. The lowest BCUT2D eigenvalue weighted by atomic mass is 10.2. The Hall–Kier alpha value is -1.16. The summed E-state index contributed by atoms with van der Waals surface area (Å²) in [5.74, 6) is 2.32. The molecule has 3 rings (SSSR count). The van der Waals surface area contributed by atoms with Crippen molar-refractivity contribution >= 4 is 91.2 Å². The Balaban J connectivity index is 1.93. The summed E-state index contributed by atoms with van der Waals surface area (Å²) in [5, 5.41) is 0. The zero-order valence-electron chi connectivity index (χ0n) is 13.5. The second kappa shape index (κ2) is 8.89. The molecular formula is C19H10FI2NO2S2. The third kappa shape index (κ3) is 4.47. The van der Waals surface area contributed by atoms with Crippen LogP contribution >= 0.6 is 69.2 Å². The average molecular weight is 621 g/mol. The van der Waals surface area contributed by atoms with Gasteiger partial charge >= 0.3 is 0 Å². The first kappa shape index (κ1) is 20.6. The van der Waals surface area contributed by atoms with E-state index in [0.29, 0.717) is 15.0 Å². The molecule has 136 valence electrons. The van der Waals surface area contributed by atoms with E-state index in [0.717, 1.165) is 24.5 Å². The van der Waals surface area contributed by atoms with Gasteiger partial charge in [-0.15, -0.1) is 6.42 Å². The molecule has 2 aromatic carbocycles. The molecule has 0 atom stereocenters. The van der Waals surface area contributed by atoms with Crippen molar-refractivity contribution in [3.05, 3.63) is 59.8 Å². The summed E-state index contributed by atoms with van der Waals surface area (Å²) in [5.41, 5.74) is 0.983. The van der Waals surface area contributed by atoms with Crippen LogP contribution in [0.15, 0.2) is 41.3 Å². The number of nitrogens with zero attached hydrogens (tertiary/aromatic N) is 1. The SMILES string of the molecule is C#CCOc1c(I)cc(/C=C2/SC(=S)N(c3ccccc3F)C2=O)cc1I. The highest BCUT2D eigenvalue weighted by Gasteiger charge is 2.34. The van der Waals surface area contributed by atoms with Gasteiger partial charge in [0.1, 0.15) is 18.2 Å². The molecule has 0 bridgehead atoms. The molecule has 27 heavy (non-hydrogen) atoms. The highest BCUT2D eigenvalue weighted by molar-refractivity contribution is 14.1. The van der Waals surface area contributed by atoms with Gasteiger partial charge in [0.05, 0.1) is 17.7 Å². The van der Waals surface area contributed by atoms with Gasteiger partial charge in [-0.1, -0.05) is 42.0 Å². The van der Waals surface area contributed by atoms with Crippen LogP contribution in [0.2, 0.25) is 0 Å². The second-order valence-electron chi connectivity index (χ2n) is 5.28. The number of anilines is 1. The molecular weight excluding hydrogens is 611 g/mol. The van der Waals surface area contributed by atoms with E-state index in [1.54, 1.807) is 18.2 Å². The molecule has 1 heterocycles. The van der Waals surface area contributed by atoms with Gasteiger partial charge in [-0.05, 0) is 81.1 Å². The third-order valence-corrected chi connectivity index (χ3v) is 6.41. The van der Waals surface area contributed by atoms with Gasteiger partial charge in [-0.25, -0.2) is 4.39 Å². The van der Waals surface area contributed by atoms with Gasteiger partial charge in [-0.2, -0.15) is 0 Å². The maximum Gasteiger partial charge on any atom is 0.270 e. The standard InChI is InChI=1S/C19H10FI2NO2S2/c1-2-7-25-17-13(21)8-11(9-14(17)22)10-16-18(24)23(19(26)27-16)15-6-4-3-5-12(15)20/h1,3-6,8-10H,7H2/b16-10+. The fourth-order valence-electron chi connectivity index (χ4n) is 2.37. The molecule has 0 aromatic heterocycles. The zero-order valence-corrected chi connectivity index (χ0v) is 19.5. The van der Waals surface area contributed by atoms with Crippen molar-refractivity contribution in [3.63, 3.8) is 0 Å². The number of rotatable bonds is 4. The Bertz CT molecular complexity index is 994. The third-order valence-electron chi connectivity index (χ3n) is 3.51. The first-order valence-corrected chi connectivity index (χ1v) is 10.9. The summed E-state index contributed by atoms with van der Waals surface area (Å²) in [6, 6.07) is 9.86. The van der Waals surface area contributed by atoms with E-state index in [-0.39, 0.29) is 18.2 Å². The number of carbonyl (C=O) groups is 1. The van der Waals surface area contributed by atoms with Crippen LogP contribution in [0.4, 0.5) is 10.1 Å². The predicted molar refractivity (Wildman–Crippen MR) is 128 cm³/mol. The number of thiocarbonyl (C=S) groups is 1. The molecule has 0 saturated carbocycles. The number of benzene rings is 2. The Labute approximate surface area is 193 Å². The van der Waals surface area contributed by atoms with E-state index < -0.39 is 5.82 Å². The van der Waals surface area contributed by atoms with E-state index in [1.807, 2.05) is 12.1 Å². The number of amides is 1. The summed E-state index contributed by atoms with van der Waals surface area (Å²) >= 11 is 10.8. The van der Waals surface area contributed by atoms with E-state index >= 15 is 0 Å². The molecule has 0 aliphatic carbocycles. The van der Waals surface area contributed by atoms with Crippen LogP contribution in [0.3, 0.4) is 0 Å². The normalized spacial score (nSPS) is 15.3. The van der Waals surface area contributed by atoms with Crippen LogP contribution < -0.4 is 9.64 Å². The van der Waals surface area contributed by atoms with E-state index in [2.05, 4.69) is 51.1 Å². The lowest BCUT2D eigenvalue weighted by Gasteiger charge is -2.14. The van der Waals surface area contributed by atoms with Crippen molar-refractivity contribution in [1.29, 1.82) is 0 Å². The molecule has 1 aliphatic heterocycles. The molecule has 0 radical (unpaired) electrons. The fraction of sp³-hybridized carbons (Fsp3) is 0.0526. The van der Waals surface area contributed by atoms with Crippen molar-refractivity contribution in [1.82, 2.24) is 0 Å². The molecule has 1 saturated heterocycles. The largest absolute Gasteiger partial charge is 0.479 e. The van der Waals surface area contributed by atoms with Gasteiger partial charge in [-0.3, -0.25) is 9.69 Å². The van der Waals surface area contributed by atoms with Gasteiger partial charge in [0, 0.05) is 0 Å². The van der Waals surface area contributed by atoms with Crippen LogP contribution in [-0.2, 0) is 4.79 Å². The summed E-state index contributed by atoms with van der Waals surface area (Å²) in [6.07, 6.45) is 6.99. The predicted octanol–water partition coefficient (Wildman–Crippen LogP) is 5.45. The highest BCUT2D eigenvalue weighted by atomic mass is 127. The number of ether oxygens (including phenoxy) is 1. The number of halogens is 3. The quantitative estimate of drug-likeness (QED) is 0.197. The van der Waals surface area contributed by atoms with Crippen molar-refractivity contribution < 1.29 is 13.9 Å². The summed E-state index contributed by atoms with van der Waals surface area (Å²) in [6.45, 7) is 0.187. The number of hydrogen-bond donors (Lipinski definition) is 0. The van der Waals surface area contributed by atoms with Gasteiger partial charge in [0.2, 0.25) is 0 Å². The number of para-hydroxylation sites is 1. The van der Waals surface area contributed by atoms with Crippen LogP contribution in [0.1, 0.15) is 5.56 Å². The zero-order chi connectivity index (χ0) is 19.6. The molecule has 1 fully saturated rings. The molecule has 0 N–H and O–H groups in total. The van der Waals surface area contributed by atoms with Gasteiger partial charge < -0.3 is 4.74 Å². The number of carbonyl (C=O) groups excluding carboxylic acids is 1. The van der Waals surface area contributed by atoms with Crippen molar-refractivity contribution in [2.45, 2.75) is 0 Å². The molecule has 3 nitrogen and oxygen atoms in total. The summed E-state index contributed by atoms with van der Waals surface area (Å²) in [4.78, 5) is 14.4. The van der Waals surface area contributed by atoms with E-state index in [1.165, 1.54) is 17.0 Å². The fourth-order valence-corrected chi connectivity index (χ4v) is 5.79. The van der Waals surface area contributed by atoms with Crippen molar-refractivity contribution in [2.75, 3.05) is 11.5 Å². The molecule has 0 unspecified atom stereocenters. The molecule has 1 aliphatic rings. The number of thioether (sulfide) groups is 1. The van der Waals surface area contributed by atoms with Crippen molar-refractivity contribution in [3.8, 4) is 18.1 Å². The first-order chi connectivity index (χ1) is 12.9. The smallest absolute Gasteiger partial charge is 0.270 e. The minimum atomic E-state index is -0.492. The number of terminal acetylenes is 1. The minimum Gasteiger partial charge on any atom is -0.479 e. The Morgan fingerprint density at radius 2 is 1.96 bits per heavy atom. The van der Waals surface area contributed by atoms with Crippen LogP contribution in [-0.4, -0.2) is 16.8 Å². The molecule has 2 aromatic rings. The van der Waals surface area contributed by atoms with E-state index in [9.17, 15) is 9.18 Å². The lowest BCUT2D eigenvalue weighted by molar-refractivity contribution is -0.113. The molecule has 1 amide bonds. The van der Waals surface area contributed by atoms with Gasteiger partial charge in [0.25, 0.3) is 5.91 Å². The van der Waals surface area contributed by atoms with Crippen molar-refractivity contribution in [2.24, 2.45) is 0 Å². The minimum absolute atomic E-state index is 0.158. The topological polar surface area (TPSA) is 29.5 Å². The lowest BCUT2D eigenvalue weighted by Crippen LogP contribution is -2.28. The Kier molecular flexibility index (Phi) is 6.78. The summed E-state index contributed by atoms with van der Waals surface area (Å²) < 4.78 is 21.7. The average Bonchev–Trinajstić information content (AvgIpc) is 2.88. The maximum absolute atomic E-state index is 14.1. The van der Waals surface area contributed by atoms with Crippen LogP contribution in [0, 0.1) is 25.3 Å². The molecule has 0 spiro atoms. The maximum atomic E-state index is 14.1. The Morgan fingerprint density at radius 3 is 2.59 bits per heavy atom. The monoisotopic (exact) mass is 621 g/mol. The van der Waals surface area contributed by atoms with Gasteiger partial charge in [0.15, 0.2) is 4.32 Å². The van der Waals surface area contributed by atoms with E-state index in [4.69, 9.17) is 23.4 Å². The highest BCUT2D eigenvalue weighted by Crippen LogP contribution is 2.38. The summed E-state index contributed by atoms with van der Waals surface area (Å²) in [7, 11) is 0. The van der Waals surface area contributed by atoms with Crippen LogP contribution in [0.5, 0.6) is 5.75 Å².